The first-order valence-corrected chi connectivity index (χ1v) is 10.2. The summed E-state index contributed by atoms with van der Waals surface area (Å²) in [6, 6.07) is 5.28. The Labute approximate surface area is 163 Å². The summed E-state index contributed by atoms with van der Waals surface area (Å²) in [4.78, 5) is 28.6. The number of thiazole rings is 1. The van der Waals surface area contributed by atoms with Crippen LogP contribution in [0.1, 0.15) is 45.4 Å². The number of rotatable bonds is 6. The number of fused-ring (bicyclic) bond motifs is 1. The first-order valence-electron chi connectivity index (χ1n) is 8.34. The van der Waals surface area contributed by atoms with Gasteiger partial charge in [-0.15, -0.1) is 21.5 Å². The first kappa shape index (κ1) is 17.9. The SMILES string of the molecule is Cc1nc(Cc2nnc(SCC(=O)c3ccc4c(c3)[C@@H](C)C(=O)N4)o2)cs1. The smallest absolute Gasteiger partial charge is 0.277 e. The summed E-state index contributed by atoms with van der Waals surface area (Å²) >= 11 is 2.78. The zero-order valence-corrected chi connectivity index (χ0v) is 16.3. The van der Waals surface area contributed by atoms with E-state index >= 15 is 0 Å². The molecule has 1 amide bonds. The average Bonchev–Trinajstić information content (AvgIpc) is 3.34. The van der Waals surface area contributed by atoms with Crippen molar-refractivity contribution in [1.29, 1.82) is 0 Å². The highest BCUT2D eigenvalue weighted by Crippen LogP contribution is 2.33. The lowest BCUT2D eigenvalue weighted by atomic mass is 9.99. The molecule has 0 spiro atoms. The quantitative estimate of drug-likeness (QED) is 0.500. The molecule has 1 aromatic carbocycles. The molecule has 0 saturated heterocycles. The molecule has 7 nitrogen and oxygen atoms in total. The van der Waals surface area contributed by atoms with Gasteiger partial charge in [0.1, 0.15) is 0 Å². The topological polar surface area (TPSA) is 98.0 Å². The molecule has 3 aromatic rings. The van der Waals surface area contributed by atoms with Crippen molar-refractivity contribution in [3.63, 3.8) is 0 Å². The molecule has 0 saturated carbocycles. The number of carbonyl (C=O) groups is 2. The van der Waals surface area contributed by atoms with E-state index in [1.54, 1.807) is 29.5 Å². The van der Waals surface area contributed by atoms with Crippen LogP contribution in [0.4, 0.5) is 5.69 Å². The molecular weight excluding hydrogens is 384 g/mol. The average molecular weight is 400 g/mol. The van der Waals surface area contributed by atoms with Gasteiger partial charge in [-0.25, -0.2) is 4.98 Å². The van der Waals surface area contributed by atoms with Crippen LogP contribution in [-0.2, 0) is 11.2 Å². The van der Waals surface area contributed by atoms with Crippen LogP contribution in [0, 0.1) is 6.92 Å². The van der Waals surface area contributed by atoms with E-state index in [0.717, 1.165) is 22.0 Å². The molecule has 0 fully saturated rings. The van der Waals surface area contributed by atoms with Crippen LogP contribution in [0.2, 0.25) is 0 Å². The molecule has 4 rings (SSSR count). The van der Waals surface area contributed by atoms with E-state index < -0.39 is 0 Å². The van der Waals surface area contributed by atoms with Gasteiger partial charge in [0.15, 0.2) is 5.78 Å². The maximum atomic E-state index is 12.5. The second-order valence-electron chi connectivity index (χ2n) is 6.22. The minimum atomic E-state index is -0.242. The second-order valence-corrected chi connectivity index (χ2v) is 8.21. The van der Waals surface area contributed by atoms with Gasteiger partial charge in [-0.3, -0.25) is 9.59 Å². The Balaban J connectivity index is 1.38. The molecule has 9 heteroatoms. The lowest BCUT2D eigenvalue weighted by molar-refractivity contribution is -0.116. The maximum absolute atomic E-state index is 12.5. The van der Waals surface area contributed by atoms with Gasteiger partial charge in [-0.2, -0.15) is 0 Å². The number of amides is 1. The Kier molecular flexibility index (Phi) is 4.79. The van der Waals surface area contributed by atoms with Gasteiger partial charge in [0, 0.05) is 16.6 Å². The number of ketones is 1. The normalized spacial score (nSPS) is 15.6. The van der Waals surface area contributed by atoms with Crippen molar-refractivity contribution in [1.82, 2.24) is 15.2 Å². The molecule has 1 atom stereocenters. The van der Waals surface area contributed by atoms with Crippen molar-refractivity contribution in [2.45, 2.75) is 31.4 Å². The zero-order valence-electron chi connectivity index (χ0n) is 14.7. The molecule has 1 aliphatic rings. The van der Waals surface area contributed by atoms with Crippen molar-refractivity contribution in [2.75, 3.05) is 11.1 Å². The fourth-order valence-corrected chi connectivity index (χ4v) is 4.10. The molecule has 27 heavy (non-hydrogen) atoms. The number of benzene rings is 1. The number of hydrogen-bond donors (Lipinski definition) is 1. The monoisotopic (exact) mass is 400 g/mol. The Hall–Kier alpha value is -2.52. The third kappa shape index (κ3) is 3.79. The number of nitrogens with one attached hydrogen (secondary N) is 1. The van der Waals surface area contributed by atoms with Crippen molar-refractivity contribution in [3.8, 4) is 0 Å². The van der Waals surface area contributed by atoms with Gasteiger partial charge < -0.3 is 9.73 Å². The molecule has 3 heterocycles. The van der Waals surface area contributed by atoms with Crippen LogP contribution >= 0.6 is 23.1 Å². The number of aromatic nitrogens is 3. The minimum absolute atomic E-state index is 0.0438. The number of carbonyl (C=O) groups excluding carboxylic acids is 2. The molecule has 0 aliphatic carbocycles. The Morgan fingerprint density at radius 1 is 1.37 bits per heavy atom. The zero-order chi connectivity index (χ0) is 19.0. The second kappa shape index (κ2) is 7.24. The molecule has 0 bridgehead atoms. The van der Waals surface area contributed by atoms with Gasteiger partial charge in [-0.1, -0.05) is 11.8 Å². The highest BCUT2D eigenvalue weighted by Gasteiger charge is 2.27. The molecule has 138 valence electrons. The minimum Gasteiger partial charge on any atom is -0.416 e. The van der Waals surface area contributed by atoms with Crippen LogP contribution in [0.25, 0.3) is 0 Å². The first-order chi connectivity index (χ1) is 13.0. The van der Waals surface area contributed by atoms with E-state index in [1.165, 1.54) is 11.8 Å². The van der Waals surface area contributed by atoms with Crippen molar-refractivity contribution in [2.24, 2.45) is 0 Å². The lowest BCUT2D eigenvalue weighted by Crippen LogP contribution is -2.08. The van der Waals surface area contributed by atoms with Gasteiger partial charge in [0.05, 0.1) is 28.8 Å². The Morgan fingerprint density at radius 3 is 3.00 bits per heavy atom. The number of hydrogen-bond acceptors (Lipinski definition) is 8. The maximum Gasteiger partial charge on any atom is 0.277 e. The van der Waals surface area contributed by atoms with E-state index in [1.807, 2.05) is 19.2 Å². The van der Waals surface area contributed by atoms with Gasteiger partial charge in [-0.05, 0) is 37.6 Å². The molecule has 0 radical (unpaired) electrons. The number of aryl methyl sites for hydroxylation is 1. The molecule has 0 unspecified atom stereocenters. The molecule has 2 aromatic heterocycles. The van der Waals surface area contributed by atoms with Gasteiger partial charge in [0.25, 0.3) is 5.22 Å². The summed E-state index contributed by atoms with van der Waals surface area (Å²) in [6.07, 6.45) is 0.482. The summed E-state index contributed by atoms with van der Waals surface area (Å²) in [7, 11) is 0. The summed E-state index contributed by atoms with van der Waals surface area (Å²) in [5.41, 5.74) is 3.09. The van der Waals surface area contributed by atoms with E-state index in [2.05, 4.69) is 20.5 Å². The van der Waals surface area contributed by atoms with Gasteiger partial charge in [0.2, 0.25) is 11.8 Å². The molecule has 1 aliphatic heterocycles. The van der Waals surface area contributed by atoms with E-state index in [4.69, 9.17) is 4.42 Å². The fourth-order valence-electron chi connectivity index (χ4n) is 2.81. The number of nitrogens with zero attached hydrogens (tertiary/aromatic N) is 3. The van der Waals surface area contributed by atoms with Crippen molar-refractivity contribution < 1.29 is 14.0 Å². The van der Waals surface area contributed by atoms with Crippen molar-refractivity contribution >= 4 is 40.5 Å². The molecular formula is C18H16N4O3S2. The number of thioether (sulfide) groups is 1. The summed E-state index contributed by atoms with van der Waals surface area (Å²) < 4.78 is 5.59. The highest BCUT2D eigenvalue weighted by atomic mass is 32.2. The lowest BCUT2D eigenvalue weighted by Gasteiger charge is -2.04. The fraction of sp³-hybridized carbons (Fsp3) is 0.278. The third-order valence-corrected chi connectivity index (χ3v) is 5.91. The molecule has 1 N–H and O–H groups in total. The van der Waals surface area contributed by atoms with Crippen LogP contribution in [0.3, 0.4) is 0 Å². The van der Waals surface area contributed by atoms with Crippen LogP contribution in [0.15, 0.2) is 33.2 Å². The van der Waals surface area contributed by atoms with E-state index in [-0.39, 0.29) is 23.4 Å². The van der Waals surface area contributed by atoms with Crippen LogP contribution < -0.4 is 5.32 Å². The summed E-state index contributed by atoms with van der Waals surface area (Å²) in [6.45, 7) is 3.77. The predicted molar refractivity (Wildman–Crippen MR) is 102 cm³/mol. The highest BCUT2D eigenvalue weighted by molar-refractivity contribution is 7.99. The van der Waals surface area contributed by atoms with E-state index in [9.17, 15) is 9.59 Å². The van der Waals surface area contributed by atoms with Crippen LogP contribution in [0.5, 0.6) is 0 Å². The summed E-state index contributed by atoms with van der Waals surface area (Å²) in [5.74, 6) is 0.327. The van der Waals surface area contributed by atoms with Crippen molar-refractivity contribution in [3.05, 3.63) is 51.3 Å². The number of anilines is 1. The Bertz CT molecular complexity index is 1030. The van der Waals surface area contributed by atoms with Gasteiger partial charge >= 0.3 is 0 Å². The third-order valence-electron chi connectivity index (χ3n) is 4.27. The summed E-state index contributed by atoms with van der Waals surface area (Å²) in [5, 5.41) is 14.1. The largest absolute Gasteiger partial charge is 0.416 e. The Morgan fingerprint density at radius 2 is 2.22 bits per heavy atom. The predicted octanol–water partition coefficient (Wildman–Crippen LogP) is 3.46. The van der Waals surface area contributed by atoms with Crippen LogP contribution in [-0.4, -0.2) is 32.6 Å². The standard InChI is InChI=1S/C18H16N4O3S2/c1-9-13-5-11(3-4-14(13)20-17(9)24)15(23)8-27-18-22-21-16(25-18)6-12-7-26-10(2)19-12/h3-5,7,9H,6,8H2,1-2H3,(H,20,24)/t9-/m1/s1. The van der Waals surface area contributed by atoms with E-state index in [0.29, 0.717) is 23.1 Å². The number of Topliss-reactive ketones (excluding diaryl/α,β-unsaturated/α-hetero) is 1.